The summed E-state index contributed by atoms with van der Waals surface area (Å²) in [6, 6.07) is 0.184. The number of aryl methyl sites for hydroxylation is 1. The number of aromatic nitrogens is 2. The Labute approximate surface area is 126 Å². The minimum Gasteiger partial charge on any atom is -0.355 e. The fourth-order valence-electron chi connectivity index (χ4n) is 2.91. The van der Waals surface area contributed by atoms with E-state index in [1.54, 1.807) is 12.4 Å². The minimum absolute atomic E-state index is 0.0460. The quantitative estimate of drug-likeness (QED) is 0.831. The number of nitrogens with two attached hydrogens (primary N) is 1. The Bertz CT molecular complexity index is 479. The molecule has 1 aromatic heterocycles. The van der Waals surface area contributed by atoms with E-state index in [2.05, 4.69) is 27.1 Å². The van der Waals surface area contributed by atoms with Crippen molar-refractivity contribution in [1.29, 1.82) is 0 Å². The van der Waals surface area contributed by atoms with E-state index < -0.39 is 0 Å². The third-order valence-electron chi connectivity index (χ3n) is 4.13. The lowest BCUT2D eigenvalue weighted by atomic mass is 9.95. The zero-order valence-corrected chi connectivity index (χ0v) is 12.9. The summed E-state index contributed by atoms with van der Waals surface area (Å²) in [5.41, 5.74) is 7.39. The summed E-state index contributed by atoms with van der Waals surface area (Å²) in [6.45, 7) is 6.92. The van der Waals surface area contributed by atoms with Crippen LogP contribution in [0.1, 0.15) is 37.2 Å². The molecule has 21 heavy (non-hydrogen) atoms. The molecule has 1 amide bonds. The molecule has 0 radical (unpaired) electrons. The van der Waals surface area contributed by atoms with E-state index in [0.29, 0.717) is 13.1 Å². The largest absolute Gasteiger partial charge is 0.355 e. The van der Waals surface area contributed by atoms with Gasteiger partial charge in [-0.1, -0.05) is 0 Å². The van der Waals surface area contributed by atoms with Crippen molar-refractivity contribution in [2.24, 2.45) is 11.7 Å². The van der Waals surface area contributed by atoms with Gasteiger partial charge in [-0.25, -0.2) is 0 Å². The predicted octanol–water partition coefficient (Wildman–Crippen LogP) is 0.633. The maximum Gasteiger partial charge on any atom is 0.224 e. The Kier molecular flexibility index (Phi) is 5.64. The van der Waals surface area contributed by atoms with Gasteiger partial charge < -0.3 is 11.1 Å². The van der Waals surface area contributed by atoms with E-state index in [-0.39, 0.29) is 17.9 Å². The van der Waals surface area contributed by atoms with Gasteiger partial charge in [-0.15, -0.1) is 0 Å². The van der Waals surface area contributed by atoms with Crippen molar-refractivity contribution in [2.45, 2.75) is 32.7 Å². The highest BCUT2D eigenvalue weighted by Gasteiger charge is 2.29. The van der Waals surface area contributed by atoms with Crippen LogP contribution in [0.25, 0.3) is 0 Å². The lowest BCUT2D eigenvalue weighted by molar-refractivity contribution is -0.126. The summed E-state index contributed by atoms with van der Waals surface area (Å²) in [6.07, 6.45) is 5.42. The number of amides is 1. The van der Waals surface area contributed by atoms with Crippen molar-refractivity contribution < 1.29 is 4.79 Å². The van der Waals surface area contributed by atoms with Gasteiger partial charge in [0.1, 0.15) is 0 Å². The topological polar surface area (TPSA) is 84.1 Å². The van der Waals surface area contributed by atoms with Gasteiger partial charge in [0.15, 0.2) is 0 Å². The average molecular weight is 291 g/mol. The zero-order chi connectivity index (χ0) is 15.2. The van der Waals surface area contributed by atoms with E-state index in [0.717, 1.165) is 37.3 Å². The zero-order valence-electron chi connectivity index (χ0n) is 12.9. The van der Waals surface area contributed by atoms with E-state index in [1.165, 1.54) is 0 Å². The molecule has 6 heteroatoms. The summed E-state index contributed by atoms with van der Waals surface area (Å²) in [7, 11) is 0. The Morgan fingerprint density at radius 3 is 3.00 bits per heavy atom. The van der Waals surface area contributed by atoms with E-state index in [1.807, 2.05) is 6.92 Å². The molecule has 1 aromatic rings. The number of carbonyl (C=O) groups is 1. The average Bonchev–Trinajstić information content (AvgIpc) is 2.52. The first-order valence-corrected chi connectivity index (χ1v) is 7.62. The molecule has 1 aliphatic heterocycles. The molecule has 0 bridgehead atoms. The summed E-state index contributed by atoms with van der Waals surface area (Å²) in [5.74, 6) is 0.165. The monoisotopic (exact) mass is 291 g/mol. The van der Waals surface area contributed by atoms with Gasteiger partial charge in [-0.3, -0.25) is 19.7 Å². The van der Waals surface area contributed by atoms with Gasteiger partial charge in [0, 0.05) is 32.0 Å². The van der Waals surface area contributed by atoms with Gasteiger partial charge >= 0.3 is 0 Å². The fraction of sp³-hybridized carbons (Fsp3) is 0.667. The van der Waals surface area contributed by atoms with Crippen LogP contribution in [0.4, 0.5) is 0 Å². The summed E-state index contributed by atoms with van der Waals surface area (Å²) in [4.78, 5) is 23.2. The van der Waals surface area contributed by atoms with Crippen molar-refractivity contribution >= 4 is 5.91 Å². The second-order valence-corrected chi connectivity index (χ2v) is 5.62. The Balaban J connectivity index is 2.00. The number of hydrogen-bond donors (Lipinski definition) is 2. The molecule has 2 atom stereocenters. The highest BCUT2D eigenvalue weighted by atomic mass is 16.1. The molecule has 6 nitrogen and oxygen atoms in total. The lowest BCUT2D eigenvalue weighted by Crippen LogP contribution is -2.45. The van der Waals surface area contributed by atoms with Crippen molar-refractivity contribution in [3.05, 3.63) is 23.8 Å². The van der Waals surface area contributed by atoms with E-state index >= 15 is 0 Å². The standard InChI is InChI=1S/C15H25N5O/c1-11-14(18-8-7-17-11)12(2)20-9-3-4-13(10-20)15(21)19-6-5-16/h7-8,12-13H,3-6,9-10,16H2,1-2H3,(H,19,21). The molecular formula is C15H25N5O. The smallest absolute Gasteiger partial charge is 0.224 e. The van der Waals surface area contributed by atoms with Crippen LogP contribution in [0, 0.1) is 12.8 Å². The molecule has 2 heterocycles. The highest BCUT2D eigenvalue weighted by Crippen LogP contribution is 2.26. The van der Waals surface area contributed by atoms with Crippen LogP contribution >= 0.6 is 0 Å². The first-order chi connectivity index (χ1) is 10.1. The number of nitrogens with one attached hydrogen (secondary N) is 1. The number of carbonyl (C=O) groups excluding carboxylic acids is 1. The van der Waals surface area contributed by atoms with Gasteiger partial charge in [-0.05, 0) is 33.2 Å². The molecule has 1 fully saturated rings. The highest BCUT2D eigenvalue weighted by molar-refractivity contribution is 5.78. The number of likely N-dealkylation sites (tertiary alicyclic amines) is 1. The third-order valence-corrected chi connectivity index (χ3v) is 4.13. The second-order valence-electron chi connectivity index (χ2n) is 5.62. The Morgan fingerprint density at radius 1 is 1.52 bits per heavy atom. The molecule has 0 spiro atoms. The SMILES string of the molecule is Cc1nccnc1C(C)N1CCCC(C(=O)NCCN)C1. The number of hydrogen-bond acceptors (Lipinski definition) is 5. The fourth-order valence-corrected chi connectivity index (χ4v) is 2.91. The number of nitrogens with zero attached hydrogens (tertiary/aromatic N) is 3. The van der Waals surface area contributed by atoms with Crippen LogP contribution in [0.15, 0.2) is 12.4 Å². The maximum atomic E-state index is 12.1. The van der Waals surface area contributed by atoms with Gasteiger partial charge in [0.2, 0.25) is 5.91 Å². The maximum absolute atomic E-state index is 12.1. The molecule has 0 saturated carbocycles. The first-order valence-electron chi connectivity index (χ1n) is 7.62. The van der Waals surface area contributed by atoms with E-state index in [4.69, 9.17) is 5.73 Å². The normalized spacial score (nSPS) is 21.0. The first kappa shape index (κ1) is 15.9. The minimum atomic E-state index is 0.0460. The lowest BCUT2D eigenvalue weighted by Gasteiger charge is -2.36. The van der Waals surface area contributed by atoms with Gasteiger partial charge in [0.25, 0.3) is 0 Å². The molecule has 116 valence electrons. The molecule has 0 aliphatic carbocycles. The number of piperidine rings is 1. The molecule has 3 N–H and O–H groups in total. The van der Waals surface area contributed by atoms with Crippen LogP contribution in [-0.4, -0.2) is 47.0 Å². The second kappa shape index (κ2) is 7.47. The predicted molar refractivity (Wildman–Crippen MR) is 81.5 cm³/mol. The van der Waals surface area contributed by atoms with Gasteiger partial charge in [0.05, 0.1) is 23.3 Å². The summed E-state index contributed by atoms with van der Waals surface area (Å²) in [5, 5.41) is 2.89. The number of rotatable bonds is 5. The summed E-state index contributed by atoms with van der Waals surface area (Å²) >= 11 is 0. The molecule has 0 aromatic carbocycles. The van der Waals surface area contributed by atoms with E-state index in [9.17, 15) is 4.79 Å². The van der Waals surface area contributed by atoms with Crippen LogP contribution in [0.5, 0.6) is 0 Å². The molecule has 1 aliphatic rings. The van der Waals surface area contributed by atoms with Crippen LogP contribution in [-0.2, 0) is 4.79 Å². The van der Waals surface area contributed by atoms with Crippen LogP contribution in [0.3, 0.4) is 0 Å². The van der Waals surface area contributed by atoms with Crippen LogP contribution in [0.2, 0.25) is 0 Å². The van der Waals surface area contributed by atoms with Crippen molar-refractivity contribution in [3.8, 4) is 0 Å². The van der Waals surface area contributed by atoms with Gasteiger partial charge in [-0.2, -0.15) is 0 Å². The Hall–Kier alpha value is -1.53. The van der Waals surface area contributed by atoms with Crippen molar-refractivity contribution in [1.82, 2.24) is 20.2 Å². The van der Waals surface area contributed by atoms with Crippen molar-refractivity contribution in [3.63, 3.8) is 0 Å². The Morgan fingerprint density at radius 2 is 2.29 bits per heavy atom. The molecular weight excluding hydrogens is 266 g/mol. The van der Waals surface area contributed by atoms with Crippen LogP contribution < -0.4 is 11.1 Å². The summed E-state index contributed by atoms with van der Waals surface area (Å²) < 4.78 is 0. The van der Waals surface area contributed by atoms with Crippen molar-refractivity contribution in [2.75, 3.05) is 26.2 Å². The molecule has 1 saturated heterocycles. The molecule has 2 unspecified atom stereocenters. The third kappa shape index (κ3) is 3.98. The molecule has 2 rings (SSSR count).